The summed E-state index contributed by atoms with van der Waals surface area (Å²) in [4.78, 5) is 0. The van der Waals surface area contributed by atoms with E-state index in [1.807, 2.05) is 18.2 Å². The first-order chi connectivity index (χ1) is 9.24. The second-order valence-corrected chi connectivity index (χ2v) is 4.58. The highest BCUT2D eigenvalue weighted by atomic mass is 35.5. The largest absolute Gasteiger partial charge is 0.467 e. The Balaban J connectivity index is 1.65. The molecule has 0 aliphatic heterocycles. The van der Waals surface area contributed by atoms with Crippen LogP contribution in [0.2, 0.25) is 5.02 Å². The lowest BCUT2D eigenvalue weighted by atomic mass is 10.3. The standard InChI is InChI=1S/C14H16ClNO3/c15-11-3-1-4-12(7-11)16-8-13(17)9-18-10-14-5-2-6-19-14/h1-7,13,16-17H,8-10H2. The molecule has 0 fully saturated rings. The highest BCUT2D eigenvalue weighted by Gasteiger charge is 2.05. The summed E-state index contributed by atoms with van der Waals surface area (Å²) in [5.41, 5.74) is 0.873. The van der Waals surface area contributed by atoms with Crippen LogP contribution in [0.25, 0.3) is 0 Å². The highest BCUT2D eigenvalue weighted by Crippen LogP contribution is 2.14. The summed E-state index contributed by atoms with van der Waals surface area (Å²) in [7, 11) is 0. The van der Waals surface area contributed by atoms with Gasteiger partial charge < -0.3 is 19.6 Å². The van der Waals surface area contributed by atoms with Gasteiger partial charge in [0.2, 0.25) is 0 Å². The summed E-state index contributed by atoms with van der Waals surface area (Å²) >= 11 is 5.86. The summed E-state index contributed by atoms with van der Waals surface area (Å²) in [6.45, 7) is 1.01. The van der Waals surface area contributed by atoms with Crippen LogP contribution in [0.15, 0.2) is 47.1 Å². The van der Waals surface area contributed by atoms with Crippen LogP contribution >= 0.6 is 11.6 Å². The third-order valence-electron chi connectivity index (χ3n) is 2.50. The fourth-order valence-electron chi connectivity index (χ4n) is 1.58. The molecule has 19 heavy (non-hydrogen) atoms. The molecule has 2 N–H and O–H groups in total. The Bertz CT molecular complexity index is 487. The average molecular weight is 282 g/mol. The second-order valence-electron chi connectivity index (χ2n) is 4.14. The molecule has 0 radical (unpaired) electrons. The zero-order valence-corrected chi connectivity index (χ0v) is 11.1. The van der Waals surface area contributed by atoms with Gasteiger partial charge in [-0.3, -0.25) is 0 Å². The van der Waals surface area contributed by atoms with E-state index in [0.29, 0.717) is 18.2 Å². The first-order valence-corrected chi connectivity index (χ1v) is 6.39. The smallest absolute Gasteiger partial charge is 0.129 e. The van der Waals surface area contributed by atoms with Crippen molar-refractivity contribution in [2.45, 2.75) is 12.7 Å². The van der Waals surface area contributed by atoms with E-state index in [-0.39, 0.29) is 6.61 Å². The minimum Gasteiger partial charge on any atom is -0.467 e. The molecule has 1 unspecified atom stereocenters. The predicted molar refractivity (Wildman–Crippen MR) is 74.3 cm³/mol. The fraction of sp³-hybridized carbons (Fsp3) is 0.286. The molecule has 1 heterocycles. The Labute approximate surface area is 117 Å². The summed E-state index contributed by atoms with van der Waals surface area (Å²) in [6.07, 6.45) is 1.00. The summed E-state index contributed by atoms with van der Waals surface area (Å²) < 4.78 is 10.5. The number of anilines is 1. The average Bonchev–Trinajstić information content (AvgIpc) is 2.90. The summed E-state index contributed by atoms with van der Waals surface area (Å²) in [5, 5.41) is 13.5. The van der Waals surface area contributed by atoms with Crippen molar-refractivity contribution in [2.75, 3.05) is 18.5 Å². The van der Waals surface area contributed by atoms with Gasteiger partial charge in [0.25, 0.3) is 0 Å². The Morgan fingerprint density at radius 2 is 2.21 bits per heavy atom. The van der Waals surface area contributed by atoms with Crippen molar-refractivity contribution < 1.29 is 14.3 Å². The molecule has 102 valence electrons. The van der Waals surface area contributed by atoms with Gasteiger partial charge in [0, 0.05) is 17.3 Å². The number of nitrogens with one attached hydrogen (secondary N) is 1. The van der Waals surface area contributed by atoms with Gasteiger partial charge in [0.05, 0.1) is 19.0 Å². The number of furan rings is 1. The van der Waals surface area contributed by atoms with Crippen LogP contribution in [0.5, 0.6) is 0 Å². The maximum absolute atomic E-state index is 9.76. The molecule has 4 nitrogen and oxygen atoms in total. The molecule has 2 rings (SSSR count). The molecule has 1 aromatic heterocycles. The number of rotatable bonds is 7. The number of hydrogen-bond acceptors (Lipinski definition) is 4. The quantitative estimate of drug-likeness (QED) is 0.819. The number of benzene rings is 1. The molecular formula is C14H16ClNO3. The molecule has 5 heteroatoms. The Hall–Kier alpha value is -1.49. The van der Waals surface area contributed by atoms with Gasteiger partial charge in [0.15, 0.2) is 0 Å². The predicted octanol–water partition coefficient (Wildman–Crippen LogP) is 2.92. The van der Waals surface area contributed by atoms with E-state index >= 15 is 0 Å². The minimum atomic E-state index is -0.589. The first kappa shape index (κ1) is 13.9. The number of aliphatic hydroxyl groups excluding tert-OH is 1. The fourth-order valence-corrected chi connectivity index (χ4v) is 1.77. The molecule has 0 aliphatic carbocycles. The zero-order chi connectivity index (χ0) is 13.5. The number of halogens is 1. The first-order valence-electron chi connectivity index (χ1n) is 6.01. The molecule has 0 saturated heterocycles. The van der Waals surface area contributed by atoms with Crippen LogP contribution in [0.3, 0.4) is 0 Å². The highest BCUT2D eigenvalue weighted by molar-refractivity contribution is 6.30. The van der Waals surface area contributed by atoms with E-state index in [2.05, 4.69) is 5.32 Å². The van der Waals surface area contributed by atoms with E-state index in [1.54, 1.807) is 24.5 Å². The molecule has 1 aromatic carbocycles. The van der Waals surface area contributed by atoms with E-state index in [4.69, 9.17) is 20.8 Å². The van der Waals surface area contributed by atoms with Gasteiger partial charge in [-0.15, -0.1) is 0 Å². The van der Waals surface area contributed by atoms with Crippen molar-refractivity contribution in [2.24, 2.45) is 0 Å². The maximum atomic E-state index is 9.76. The van der Waals surface area contributed by atoms with Crippen molar-refractivity contribution >= 4 is 17.3 Å². The molecule has 0 spiro atoms. The monoisotopic (exact) mass is 281 g/mol. The van der Waals surface area contributed by atoms with Crippen molar-refractivity contribution in [1.29, 1.82) is 0 Å². The van der Waals surface area contributed by atoms with E-state index in [1.165, 1.54) is 0 Å². The third kappa shape index (κ3) is 4.95. The van der Waals surface area contributed by atoms with E-state index in [0.717, 1.165) is 11.4 Å². The lowest BCUT2D eigenvalue weighted by Crippen LogP contribution is -2.24. The molecule has 0 saturated carbocycles. The maximum Gasteiger partial charge on any atom is 0.129 e. The number of ether oxygens (including phenoxy) is 1. The lowest BCUT2D eigenvalue weighted by molar-refractivity contribution is 0.0282. The van der Waals surface area contributed by atoms with Crippen LogP contribution in [-0.2, 0) is 11.3 Å². The summed E-state index contributed by atoms with van der Waals surface area (Å²) in [6, 6.07) is 11.0. The Morgan fingerprint density at radius 1 is 1.32 bits per heavy atom. The number of hydrogen-bond donors (Lipinski definition) is 2. The topological polar surface area (TPSA) is 54.6 Å². The van der Waals surface area contributed by atoms with Crippen molar-refractivity contribution in [3.63, 3.8) is 0 Å². The van der Waals surface area contributed by atoms with Gasteiger partial charge in [0.1, 0.15) is 12.4 Å². The molecular weight excluding hydrogens is 266 g/mol. The minimum absolute atomic E-state index is 0.244. The Morgan fingerprint density at radius 3 is 2.95 bits per heavy atom. The zero-order valence-electron chi connectivity index (χ0n) is 10.4. The molecule has 2 aromatic rings. The van der Waals surface area contributed by atoms with Crippen LogP contribution in [0.4, 0.5) is 5.69 Å². The van der Waals surface area contributed by atoms with Gasteiger partial charge in [-0.25, -0.2) is 0 Å². The van der Waals surface area contributed by atoms with Crippen molar-refractivity contribution in [3.05, 3.63) is 53.4 Å². The lowest BCUT2D eigenvalue weighted by Gasteiger charge is -2.13. The van der Waals surface area contributed by atoms with E-state index in [9.17, 15) is 5.11 Å². The summed E-state index contributed by atoms with van der Waals surface area (Å²) in [5.74, 6) is 0.745. The SMILES string of the molecule is OC(CNc1cccc(Cl)c1)COCc1ccco1. The van der Waals surface area contributed by atoms with Crippen LogP contribution < -0.4 is 5.32 Å². The van der Waals surface area contributed by atoms with Gasteiger partial charge in [-0.2, -0.15) is 0 Å². The second kappa shape index (κ2) is 7.19. The van der Waals surface area contributed by atoms with Gasteiger partial charge >= 0.3 is 0 Å². The van der Waals surface area contributed by atoms with Gasteiger partial charge in [-0.1, -0.05) is 17.7 Å². The van der Waals surface area contributed by atoms with Crippen molar-refractivity contribution in [1.82, 2.24) is 0 Å². The normalized spacial score (nSPS) is 12.3. The molecule has 0 bridgehead atoms. The number of aliphatic hydroxyl groups is 1. The third-order valence-corrected chi connectivity index (χ3v) is 2.74. The molecule has 0 amide bonds. The van der Waals surface area contributed by atoms with Crippen LogP contribution in [-0.4, -0.2) is 24.4 Å². The van der Waals surface area contributed by atoms with Crippen LogP contribution in [0.1, 0.15) is 5.76 Å². The Kier molecular flexibility index (Phi) is 5.27. The molecule has 0 aliphatic rings. The van der Waals surface area contributed by atoms with Crippen LogP contribution in [0, 0.1) is 0 Å². The molecule has 1 atom stereocenters. The van der Waals surface area contributed by atoms with Crippen molar-refractivity contribution in [3.8, 4) is 0 Å². The van der Waals surface area contributed by atoms with Gasteiger partial charge in [-0.05, 0) is 30.3 Å². The van der Waals surface area contributed by atoms with E-state index < -0.39 is 6.10 Å².